The van der Waals surface area contributed by atoms with E-state index in [1.54, 1.807) is 7.11 Å². The predicted molar refractivity (Wildman–Crippen MR) is 88.8 cm³/mol. The molecule has 0 radical (unpaired) electrons. The van der Waals surface area contributed by atoms with Crippen LogP contribution in [0.1, 0.15) is 5.56 Å². The van der Waals surface area contributed by atoms with Crippen LogP contribution in [0.3, 0.4) is 0 Å². The SMILES string of the molecule is COc1ccc(Br)c(CNc2ccccc2N(C)C)c1. The molecule has 0 spiro atoms. The number of hydrogen-bond acceptors (Lipinski definition) is 3. The van der Waals surface area contributed by atoms with Crippen molar-refractivity contribution >= 4 is 27.3 Å². The topological polar surface area (TPSA) is 24.5 Å². The molecule has 0 aliphatic heterocycles. The fourth-order valence-electron chi connectivity index (χ4n) is 2.02. The third-order valence-electron chi connectivity index (χ3n) is 3.11. The zero-order valence-corrected chi connectivity index (χ0v) is 13.6. The Labute approximate surface area is 128 Å². The number of rotatable bonds is 5. The average Bonchev–Trinajstić information content (AvgIpc) is 2.46. The third kappa shape index (κ3) is 3.45. The monoisotopic (exact) mass is 334 g/mol. The smallest absolute Gasteiger partial charge is 0.119 e. The van der Waals surface area contributed by atoms with E-state index in [2.05, 4.69) is 38.3 Å². The van der Waals surface area contributed by atoms with Crippen LogP contribution in [0.15, 0.2) is 46.9 Å². The van der Waals surface area contributed by atoms with E-state index < -0.39 is 0 Å². The van der Waals surface area contributed by atoms with E-state index in [0.29, 0.717) is 0 Å². The maximum atomic E-state index is 5.27. The first-order chi connectivity index (χ1) is 9.61. The lowest BCUT2D eigenvalue weighted by atomic mass is 10.2. The lowest BCUT2D eigenvalue weighted by Gasteiger charge is -2.18. The molecule has 0 amide bonds. The highest BCUT2D eigenvalue weighted by Gasteiger charge is 2.06. The second kappa shape index (κ2) is 6.66. The van der Waals surface area contributed by atoms with Crippen LogP contribution in [0.5, 0.6) is 5.75 Å². The third-order valence-corrected chi connectivity index (χ3v) is 3.88. The number of nitrogens with zero attached hydrogens (tertiary/aromatic N) is 1. The zero-order valence-electron chi connectivity index (χ0n) is 12.0. The van der Waals surface area contributed by atoms with Gasteiger partial charge in [0, 0.05) is 25.1 Å². The van der Waals surface area contributed by atoms with Crippen molar-refractivity contribution in [1.82, 2.24) is 0 Å². The molecule has 2 aromatic carbocycles. The molecule has 4 heteroatoms. The summed E-state index contributed by atoms with van der Waals surface area (Å²) in [5.41, 5.74) is 3.46. The van der Waals surface area contributed by atoms with Crippen LogP contribution < -0.4 is 15.0 Å². The van der Waals surface area contributed by atoms with E-state index in [4.69, 9.17) is 4.74 Å². The number of hydrogen-bond donors (Lipinski definition) is 1. The molecule has 0 saturated carbocycles. The molecule has 0 aliphatic rings. The fraction of sp³-hybridized carbons (Fsp3) is 0.250. The van der Waals surface area contributed by atoms with Gasteiger partial charge in [-0.3, -0.25) is 0 Å². The van der Waals surface area contributed by atoms with Gasteiger partial charge in [-0.25, -0.2) is 0 Å². The Hall–Kier alpha value is -1.68. The van der Waals surface area contributed by atoms with Gasteiger partial charge in [-0.2, -0.15) is 0 Å². The van der Waals surface area contributed by atoms with Crippen LogP contribution in [-0.2, 0) is 6.54 Å². The quantitative estimate of drug-likeness (QED) is 0.889. The number of benzene rings is 2. The molecule has 0 heterocycles. The summed E-state index contributed by atoms with van der Waals surface area (Å²) in [7, 11) is 5.77. The van der Waals surface area contributed by atoms with E-state index in [9.17, 15) is 0 Å². The molecule has 0 bridgehead atoms. The maximum absolute atomic E-state index is 5.27. The molecule has 1 N–H and O–H groups in total. The summed E-state index contributed by atoms with van der Waals surface area (Å²) in [5.74, 6) is 0.867. The molecule has 0 aromatic heterocycles. The minimum atomic E-state index is 0.739. The van der Waals surface area contributed by atoms with E-state index in [0.717, 1.165) is 28.0 Å². The number of ether oxygens (including phenoxy) is 1. The van der Waals surface area contributed by atoms with Gasteiger partial charge in [0.25, 0.3) is 0 Å². The molecule has 0 saturated heterocycles. The van der Waals surface area contributed by atoms with Gasteiger partial charge in [-0.05, 0) is 35.9 Å². The van der Waals surface area contributed by atoms with Crippen molar-refractivity contribution in [3.63, 3.8) is 0 Å². The lowest BCUT2D eigenvalue weighted by molar-refractivity contribution is 0.414. The number of anilines is 2. The zero-order chi connectivity index (χ0) is 14.5. The summed E-state index contributed by atoms with van der Waals surface area (Å²) >= 11 is 3.57. The van der Waals surface area contributed by atoms with Crippen LogP contribution in [0, 0.1) is 0 Å². The van der Waals surface area contributed by atoms with Gasteiger partial charge in [0.15, 0.2) is 0 Å². The molecular formula is C16H19BrN2O. The van der Waals surface area contributed by atoms with Gasteiger partial charge in [0.1, 0.15) is 5.75 Å². The number of nitrogens with one attached hydrogen (secondary N) is 1. The first kappa shape index (κ1) is 14.7. The van der Waals surface area contributed by atoms with Gasteiger partial charge >= 0.3 is 0 Å². The number of para-hydroxylation sites is 2. The van der Waals surface area contributed by atoms with Crippen molar-refractivity contribution in [2.45, 2.75) is 6.54 Å². The first-order valence-electron chi connectivity index (χ1n) is 6.44. The molecule has 2 aromatic rings. The Balaban J connectivity index is 2.17. The summed E-state index contributed by atoms with van der Waals surface area (Å²) in [6, 6.07) is 14.3. The van der Waals surface area contributed by atoms with Crippen LogP contribution in [0.2, 0.25) is 0 Å². The van der Waals surface area contributed by atoms with E-state index >= 15 is 0 Å². The minimum Gasteiger partial charge on any atom is -0.497 e. The van der Waals surface area contributed by atoms with E-state index in [1.807, 2.05) is 44.4 Å². The van der Waals surface area contributed by atoms with Crippen molar-refractivity contribution in [2.24, 2.45) is 0 Å². The Morgan fingerprint density at radius 1 is 1.15 bits per heavy atom. The predicted octanol–water partition coefficient (Wildman–Crippen LogP) is 4.14. The highest BCUT2D eigenvalue weighted by atomic mass is 79.9. The normalized spacial score (nSPS) is 10.2. The first-order valence-corrected chi connectivity index (χ1v) is 7.23. The van der Waals surface area contributed by atoms with Crippen molar-refractivity contribution in [3.05, 3.63) is 52.5 Å². The largest absolute Gasteiger partial charge is 0.497 e. The van der Waals surface area contributed by atoms with Gasteiger partial charge < -0.3 is 15.0 Å². The van der Waals surface area contributed by atoms with Gasteiger partial charge in [0.2, 0.25) is 0 Å². The molecule has 0 atom stereocenters. The van der Waals surface area contributed by atoms with E-state index in [1.165, 1.54) is 5.69 Å². The lowest BCUT2D eigenvalue weighted by Crippen LogP contribution is -2.12. The Morgan fingerprint density at radius 2 is 1.90 bits per heavy atom. The molecule has 0 aliphatic carbocycles. The molecule has 3 nitrogen and oxygen atoms in total. The average molecular weight is 335 g/mol. The van der Waals surface area contributed by atoms with Crippen molar-refractivity contribution in [3.8, 4) is 5.75 Å². The van der Waals surface area contributed by atoms with Gasteiger partial charge in [-0.1, -0.05) is 28.1 Å². The maximum Gasteiger partial charge on any atom is 0.119 e. The van der Waals surface area contributed by atoms with Gasteiger partial charge in [-0.15, -0.1) is 0 Å². The van der Waals surface area contributed by atoms with Crippen molar-refractivity contribution in [1.29, 1.82) is 0 Å². The van der Waals surface area contributed by atoms with Gasteiger partial charge in [0.05, 0.1) is 18.5 Å². The summed E-state index contributed by atoms with van der Waals surface area (Å²) in [6.45, 7) is 0.739. The summed E-state index contributed by atoms with van der Waals surface area (Å²) in [4.78, 5) is 2.10. The highest BCUT2D eigenvalue weighted by Crippen LogP contribution is 2.27. The number of halogens is 1. The van der Waals surface area contributed by atoms with Crippen LogP contribution >= 0.6 is 15.9 Å². The summed E-state index contributed by atoms with van der Waals surface area (Å²) < 4.78 is 6.34. The standard InChI is InChI=1S/C16H19BrN2O/c1-19(2)16-7-5-4-6-15(16)18-11-12-10-13(20-3)8-9-14(12)17/h4-10,18H,11H2,1-3H3. The Morgan fingerprint density at radius 3 is 2.60 bits per heavy atom. The molecular weight excluding hydrogens is 316 g/mol. The number of methoxy groups -OCH3 is 1. The van der Waals surface area contributed by atoms with Crippen molar-refractivity contribution in [2.75, 3.05) is 31.4 Å². The molecule has 0 fully saturated rings. The minimum absolute atomic E-state index is 0.739. The highest BCUT2D eigenvalue weighted by molar-refractivity contribution is 9.10. The molecule has 0 unspecified atom stereocenters. The van der Waals surface area contributed by atoms with Crippen molar-refractivity contribution < 1.29 is 4.74 Å². The fourth-order valence-corrected chi connectivity index (χ4v) is 2.40. The van der Waals surface area contributed by atoms with Crippen LogP contribution in [0.4, 0.5) is 11.4 Å². The molecule has 106 valence electrons. The Bertz CT molecular complexity index is 584. The summed E-state index contributed by atoms with van der Waals surface area (Å²) in [5, 5.41) is 3.48. The summed E-state index contributed by atoms with van der Waals surface area (Å²) in [6.07, 6.45) is 0. The van der Waals surface area contributed by atoms with Crippen LogP contribution in [0.25, 0.3) is 0 Å². The second-order valence-electron chi connectivity index (χ2n) is 4.72. The Kier molecular flexibility index (Phi) is 4.90. The van der Waals surface area contributed by atoms with Crippen LogP contribution in [-0.4, -0.2) is 21.2 Å². The second-order valence-corrected chi connectivity index (χ2v) is 5.58. The molecule has 20 heavy (non-hydrogen) atoms. The molecule has 2 rings (SSSR count). The van der Waals surface area contributed by atoms with E-state index in [-0.39, 0.29) is 0 Å².